The second kappa shape index (κ2) is 7.41. The van der Waals surface area contributed by atoms with Gasteiger partial charge < -0.3 is 10.1 Å². The molecule has 106 valence electrons. The third-order valence-corrected chi connectivity index (χ3v) is 3.41. The number of ether oxygens (including phenoxy) is 1. The van der Waals surface area contributed by atoms with Crippen molar-refractivity contribution in [2.75, 3.05) is 6.54 Å². The minimum absolute atomic E-state index is 0.270. The standard InChI is InChI=1S/C16H17BrFNO/c1-2-9-19-11-12-3-8-16(15(17)10-12)20-14-6-4-13(18)5-7-14/h3-8,10,19H,2,9,11H2,1H3. The Kier molecular flexibility index (Phi) is 5.56. The summed E-state index contributed by atoms with van der Waals surface area (Å²) < 4.78 is 19.4. The third kappa shape index (κ3) is 4.32. The minimum atomic E-state index is -0.270. The van der Waals surface area contributed by atoms with Crippen molar-refractivity contribution in [2.24, 2.45) is 0 Å². The normalized spacial score (nSPS) is 10.6. The van der Waals surface area contributed by atoms with E-state index in [2.05, 4.69) is 28.2 Å². The van der Waals surface area contributed by atoms with Crippen molar-refractivity contribution >= 4 is 15.9 Å². The van der Waals surface area contributed by atoms with Gasteiger partial charge in [-0.25, -0.2) is 4.39 Å². The lowest BCUT2D eigenvalue weighted by Gasteiger charge is -2.10. The Labute approximate surface area is 127 Å². The van der Waals surface area contributed by atoms with Crippen LogP contribution in [0.2, 0.25) is 0 Å². The molecule has 0 saturated heterocycles. The van der Waals surface area contributed by atoms with Crippen molar-refractivity contribution in [1.82, 2.24) is 5.32 Å². The first-order valence-electron chi connectivity index (χ1n) is 6.61. The molecule has 20 heavy (non-hydrogen) atoms. The number of rotatable bonds is 6. The van der Waals surface area contributed by atoms with Crippen LogP contribution in [0.3, 0.4) is 0 Å². The van der Waals surface area contributed by atoms with Gasteiger partial charge in [-0.1, -0.05) is 13.0 Å². The average molecular weight is 338 g/mol. The van der Waals surface area contributed by atoms with Crippen LogP contribution in [-0.4, -0.2) is 6.54 Å². The zero-order valence-electron chi connectivity index (χ0n) is 11.3. The number of halogens is 2. The first-order valence-corrected chi connectivity index (χ1v) is 7.41. The van der Waals surface area contributed by atoms with E-state index < -0.39 is 0 Å². The molecule has 0 aliphatic heterocycles. The monoisotopic (exact) mass is 337 g/mol. The largest absolute Gasteiger partial charge is 0.456 e. The van der Waals surface area contributed by atoms with Crippen LogP contribution in [0.15, 0.2) is 46.9 Å². The molecule has 2 rings (SSSR count). The van der Waals surface area contributed by atoms with Gasteiger partial charge in [0.25, 0.3) is 0 Å². The lowest BCUT2D eigenvalue weighted by molar-refractivity contribution is 0.477. The quantitative estimate of drug-likeness (QED) is 0.758. The van der Waals surface area contributed by atoms with E-state index in [-0.39, 0.29) is 5.82 Å². The van der Waals surface area contributed by atoms with Gasteiger partial charge in [0.2, 0.25) is 0 Å². The Morgan fingerprint density at radius 1 is 1.15 bits per heavy atom. The number of benzene rings is 2. The molecule has 0 aromatic heterocycles. The van der Waals surface area contributed by atoms with Crippen LogP contribution in [0.25, 0.3) is 0 Å². The van der Waals surface area contributed by atoms with E-state index in [4.69, 9.17) is 4.74 Å². The first-order chi connectivity index (χ1) is 9.69. The number of hydrogen-bond acceptors (Lipinski definition) is 2. The second-order valence-electron chi connectivity index (χ2n) is 4.50. The molecular formula is C16H17BrFNO. The summed E-state index contributed by atoms with van der Waals surface area (Å²) in [5.74, 6) is 1.06. The smallest absolute Gasteiger partial charge is 0.141 e. The predicted molar refractivity (Wildman–Crippen MR) is 82.6 cm³/mol. The highest BCUT2D eigenvalue weighted by Gasteiger charge is 2.04. The highest BCUT2D eigenvalue weighted by atomic mass is 79.9. The number of hydrogen-bond donors (Lipinski definition) is 1. The van der Waals surface area contributed by atoms with E-state index in [1.807, 2.05) is 18.2 Å². The fourth-order valence-electron chi connectivity index (χ4n) is 1.78. The molecule has 2 aromatic carbocycles. The van der Waals surface area contributed by atoms with Gasteiger partial charge in [-0.05, 0) is 70.9 Å². The van der Waals surface area contributed by atoms with E-state index in [9.17, 15) is 4.39 Å². The maximum absolute atomic E-state index is 12.8. The summed E-state index contributed by atoms with van der Waals surface area (Å²) in [4.78, 5) is 0. The van der Waals surface area contributed by atoms with Gasteiger partial charge in [-0.2, -0.15) is 0 Å². The fraction of sp³-hybridized carbons (Fsp3) is 0.250. The number of nitrogens with one attached hydrogen (secondary N) is 1. The van der Waals surface area contributed by atoms with Gasteiger partial charge in [-0.3, -0.25) is 0 Å². The summed E-state index contributed by atoms with van der Waals surface area (Å²) in [5, 5.41) is 3.35. The maximum Gasteiger partial charge on any atom is 0.141 e. The van der Waals surface area contributed by atoms with Crippen molar-refractivity contribution < 1.29 is 9.13 Å². The van der Waals surface area contributed by atoms with E-state index >= 15 is 0 Å². The van der Waals surface area contributed by atoms with Gasteiger partial charge >= 0.3 is 0 Å². The van der Waals surface area contributed by atoms with Crippen LogP contribution in [0.5, 0.6) is 11.5 Å². The van der Waals surface area contributed by atoms with Crippen molar-refractivity contribution in [3.63, 3.8) is 0 Å². The molecule has 0 heterocycles. The van der Waals surface area contributed by atoms with Crippen molar-refractivity contribution in [2.45, 2.75) is 19.9 Å². The molecule has 0 atom stereocenters. The summed E-state index contributed by atoms with van der Waals surface area (Å²) >= 11 is 3.50. The molecule has 0 radical (unpaired) electrons. The summed E-state index contributed by atoms with van der Waals surface area (Å²) in [5.41, 5.74) is 1.19. The second-order valence-corrected chi connectivity index (χ2v) is 5.35. The molecule has 0 saturated carbocycles. The summed E-state index contributed by atoms with van der Waals surface area (Å²) in [7, 11) is 0. The molecule has 4 heteroatoms. The Bertz CT molecular complexity index is 557. The zero-order valence-corrected chi connectivity index (χ0v) is 12.9. The van der Waals surface area contributed by atoms with Gasteiger partial charge in [0.1, 0.15) is 17.3 Å². The van der Waals surface area contributed by atoms with Gasteiger partial charge in [-0.15, -0.1) is 0 Å². The fourth-order valence-corrected chi connectivity index (χ4v) is 2.28. The third-order valence-electron chi connectivity index (χ3n) is 2.79. The molecule has 0 spiro atoms. The molecular weight excluding hydrogens is 321 g/mol. The van der Waals surface area contributed by atoms with Gasteiger partial charge in [0, 0.05) is 6.54 Å². The minimum Gasteiger partial charge on any atom is -0.456 e. The lowest BCUT2D eigenvalue weighted by Crippen LogP contribution is -2.13. The lowest BCUT2D eigenvalue weighted by atomic mass is 10.2. The maximum atomic E-state index is 12.8. The molecule has 0 fully saturated rings. The highest BCUT2D eigenvalue weighted by Crippen LogP contribution is 2.30. The average Bonchev–Trinajstić information content (AvgIpc) is 2.44. The van der Waals surface area contributed by atoms with Crippen LogP contribution in [0.1, 0.15) is 18.9 Å². The van der Waals surface area contributed by atoms with E-state index in [0.29, 0.717) is 5.75 Å². The van der Waals surface area contributed by atoms with E-state index in [0.717, 1.165) is 29.7 Å². The van der Waals surface area contributed by atoms with Crippen LogP contribution in [0.4, 0.5) is 4.39 Å². The van der Waals surface area contributed by atoms with Crippen LogP contribution < -0.4 is 10.1 Å². The van der Waals surface area contributed by atoms with Crippen LogP contribution in [-0.2, 0) is 6.54 Å². The van der Waals surface area contributed by atoms with E-state index in [1.165, 1.54) is 17.7 Å². The predicted octanol–water partition coefficient (Wildman–Crippen LogP) is 4.88. The zero-order chi connectivity index (χ0) is 14.4. The molecule has 0 aliphatic rings. The Hall–Kier alpha value is -1.39. The Balaban J connectivity index is 2.03. The molecule has 2 aromatic rings. The van der Waals surface area contributed by atoms with Crippen LogP contribution >= 0.6 is 15.9 Å². The molecule has 0 aliphatic carbocycles. The summed E-state index contributed by atoms with van der Waals surface area (Å²) in [6.07, 6.45) is 1.12. The highest BCUT2D eigenvalue weighted by molar-refractivity contribution is 9.10. The summed E-state index contributed by atoms with van der Waals surface area (Å²) in [6, 6.07) is 11.9. The molecule has 0 unspecified atom stereocenters. The van der Waals surface area contributed by atoms with Gasteiger partial charge in [0.05, 0.1) is 4.47 Å². The Morgan fingerprint density at radius 2 is 1.90 bits per heavy atom. The van der Waals surface area contributed by atoms with Crippen molar-refractivity contribution in [3.8, 4) is 11.5 Å². The Morgan fingerprint density at radius 3 is 2.55 bits per heavy atom. The molecule has 1 N–H and O–H groups in total. The van der Waals surface area contributed by atoms with E-state index in [1.54, 1.807) is 12.1 Å². The molecule has 0 amide bonds. The molecule has 2 nitrogen and oxygen atoms in total. The SMILES string of the molecule is CCCNCc1ccc(Oc2ccc(F)cc2)c(Br)c1. The first kappa shape index (κ1) is 15.0. The topological polar surface area (TPSA) is 21.3 Å². The summed E-state index contributed by atoms with van der Waals surface area (Å²) in [6.45, 7) is 3.98. The molecule has 0 bridgehead atoms. The van der Waals surface area contributed by atoms with Crippen molar-refractivity contribution in [1.29, 1.82) is 0 Å². The van der Waals surface area contributed by atoms with Gasteiger partial charge in [0.15, 0.2) is 0 Å². The van der Waals surface area contributed by atoms with Crippen molar-refractivity contribution in [3.05, 3.63) is 58.3 Å². The van der Waals surface area contributed by atoms with Crippen LogP contribution in [0, 0.1) is 5.82 Å².